The molecule has 1 aliphatic heterocycles. The fraction of sp³-hybridized carbons (Fsp3) is 0.750. The van der Waals surface area contributed by atoms with E-state index in [0.717, 1.165) is 12.6 Å². The molecule has 0 amide bonds. The van der Waals surface area contributed by atoms with Gasteiger partial charge in [-0.3, -0.25) is 0 Å². The summed E-state index contributed by atoms with van der Waals surface area (Å²) in [5.74, 6) is 0. The summed E-state index contributed by atoms with van der Waals surface area (Å²) in [6.45, 7) is 29.0. The van der Waals surface area contributed by atoms with Gasteiger partial charge in [-0.1, -0.05) is 111 Å². The summed E-state index contributed by atoms with van der Waals surface area (Å²) in [7, 11) is 2.04. The van der Waals surface area contributed by atoms with Gasteiger partial charge in [-0.25, -0.2) is 0 Å². The molecule has 0 saturated heterocycles. The average molecular weight is 573 g/mol. The summed E-state index contributed by atoms with van der Waals surface area (Å²) < 4.78 is 0. The first kappa shape index (κ1) is 31.8. The number of thiol groups is 1. The second-order valence-corrected chi connectivity index (χ2v) is 20.0. The third-order valence-electron chi connectivity index (χ3n) is 5.61. The van der Waals surface area contributed by atoms with Crippen LogP contribution in [-0.4, -0.2) is 40.7 Å². The van der Waals surface area contributed by atoms with Crippen molar-refractivity contribution in [2.75, 3.05) is 22.2 Å². The van der Waals surface area contributed by atoms with Gasteiger partial charge in [0, 0.05) is 44.4 Å². The van der Waals surface area contributed by atoms with Crippen molar-refractivity contribution < 1.29 is 20.4 Å². The van der Waals surface area contributed by atoms with E-state index >= 15 is 0 Å². The van der Waals surface area contributed by atoms with Crippen molar-refractivity contribution in [3.05, 3.63) is 24.3 Å². The Balaban J connectivity index is 0.00000450. The first-order valence-corrected chi connectivity index (χ1v) is 14.0. The second-order valence-electron chi connectivity index (χ2n) is 12.4. The van der Waals surface area contributed by atoms with Gasteiger partial charge >= 0.3 is 7.55 Å². The Bertz CT molecular complexity index is 618. The van der Waals surface area contributed by atoms with Gasteiger partial charge in [-0.15, -0.1) is 0 Å². The van der Waals surface area contributed by atoms with E-state index in [1.54, 1.807) is 0 Å². The second kappa shape index (κ2) is 11.0. The van der Waals surface area contributed by atoms with Crippen molar-refractivity contribution in [3.63, 3.8) is 0 Å². The molecule has 0 aliphatic carbocycles. The van der Waals surface area contributed by atoms with Crippen LogP contribution >= 0.6 is 15.8 Å². The first-order valence-electron chi connectivity index (χ1n) is 11.0. The van der Waals surface area contributed by atoms with Crippen molar-refractivity contribution in [2.24, 2.45) is 0 Å². The number of para-hydroxylation sites is 2. The van der Waals surface area contributed by atoms with Crippen LogP contribution in [0.5, 0.6) is 0 Å². The molecule has 1 radical (unpaired) electrons. The van der Waals surface area contributed by atoms with Gasteiger partial charge in [0.15, 0.2) is 0 Å². The van der Waals surface area contributed by atoms with Crippen LogP contribution in [0.25, 0.3) is 0 Å². The fourth-order valence-corrected chi connectivity index (χ4v) is 11.4. The minimum absolute atomic E-state index is 0. The van der Waals surface area contributed by atoms with Gasteiger partial charge in [-0.2, -0.15) is 0 Å². The third kappa shape index (κ3) is 8.18. The van der Waals surface area contributed by atoms with Gasteiger partial charge < -0.3 is 23.1 Å². The molecule has 0 bridgehead atoms. The molecule has 0 unspecified atom stereocenters. The van der Waals surface area contributed by atoms with Crippen LogP contribution in [0.15, 0.2) is 24.3 Å². The molecule has 1 aliphatic rings. The predicted octanol–water partition coefficient (Wildman–Crippen LogP) is 7.65. The number of nitrogens with zero attached hydrogens (tertiary/aromatic N) is 2. The minimum Gasteiger partial charge on any atom is -0.813 e. The molecule has 181 valence electrons. The maximum atomic E-state index is 2.55. The zero-order valence-corrected chi connectivity index (χ0v) is 26.1. The third-order valence-corrected chi connectivity index (χ3v) is 13.3. The Morgan fingerprint density at radius 1 is 0.613 bits per heavy atom. The van der Waals surface area contributed by atoms with Crippen molar-refractivity contribution in [1.29, 1.82) is 0 Å². The predicted molar refractivity (Wildman–Crippen MR) is 148 cm³/mol. The van der Waals surface area contributed by atoms with Crippen molar-refractivity contribution in [2.45, 2.75) is 104 Å². The summed E-state index contributed by atoms with van der Waals surface area (Å²) in [4.78, 5) is 5.10. The summed E-state index contributed by atoms with van der Waals surface area (Å²) in [5.41, 5.74) is 2.76. The maximum Gasteiger partial charge on any atom is 0.392 e. The number of anilines is 2. The summed E-state index contributed by atoms with van der Waals surface area (Å²) in [6.07, 6.45) is 2.25. The molecule has 1 aromatic rings. The summed E-state index contributed by atoms with van der Waals surface area (Å²) in [5, 5.41) is 1.31. The Labute approximate surface area is 218 Å². The molecule has 0 N–H and O–H groups in total. The molecular formula is C24H45BN2P2PdS-. The molecule has 1 heterocycles. The van der Waals surface area contributed by atoms with Gasteiger partial charge in [0.25, 0.3) is 0 Å². The van der Waals surface area contributed by atoms with E-state index < -0.39 is 0 Å². The Kier molecular flexibility index (Phi) is 11.3. The number of fused-ring (bicyclic) bond motifs is 1. The quantitative estimate of drug-likeness (QED) is 0.158. The normalized spacial score (nSPS) is 14.9. The van der Waals surface area contributed by atoms with Crippen molar-refractivity contribution in [3.8, 4) is 0 Å². The number of hydrogen-bond donors (Lipinski definition) is 0. The molecule has 0 fully saturated rings. The standard InChI is InChI=1S/C24H44BN2P2.Pd.H2S/c1-21(2,3)28(22(4,5)6)17-26-19-15-13-14-16-20(19)27(25-26)18-29(23(7,8)9)24(10,11)12;;/h13-16H,17-18H2,1-12H3;;1H2/p-1. The van der Waals surface area contributed by atoms with Gasteiger partial charge in [0.2, 0.25) is 0 Å². The smallest absolute Gasteiger partial charge is 0.392 e. The molecule has 7 heteroatoms. The molecule has 0 spiro atoms. The van der Waals surface area contributed by atoms with E-state index in [2.05, 4.69) is 125 Å². The largest absolute Gasteiger partial charge is 0.813 e. The van der Waals surface area contributed by atoms with Crippen LogP contribution in [0.1, 0.15) is 83.1 Å². The van der Waals surface area contributed by atoms with E-state index in [1.165, 1.54) is 11.4 Å². The zero-order valence-electron chi connectivity index (χ0n) is 21.9. The average Bonchev–Trinajstić information content (AvgIpc) is 2.84. The van der Waals surface area contributed by atoms with Crippen molar-refractivity contribution in [1.82, 2.24) is 0 Å². The van der Waals surface area contributed by atoms with Crippen LogP contribution in [-0.2, 0) is 33.9 Å². The van der Waals surface area contributed by atoms with E-state index in [0.29, 0.717) is 20.6 Å². The van der Waals surface area contributed by atoms with E-state index in [4.69, 9.17) is 0 Å². The Morgan fingerprint density at radius 2 is 0.871 bits per heavy atom. The number of benzene rings is 1. The Hall–Kier alpha value is 0.757. The first-order chi connectivity index (χ1) is 12.9. The van der Waals surface area contributed by atoms with Crippen LogP contribution in [0.3, 0.4) is 0 Å². The minimum atomic E-state index is -0.189. The SMILES string of the molecule is CC(C)(C)P(CN1[B]N(CP(C(C)(C)C)C(C)(C)C)c2ccccc21)C(C)(C)C.[Pd].[SH-]. The molecule has 0 atom stereocenters. The van der Waals surface area contributed by atoms with Crippen LogP contribution in [0.2, 0.25) is 0 Å². The van der Waals surface area contributed by atoms with Gasteiger partial charge in [0.05, 0.1) is 0 Å². The van der Waals surface area contributed by atoms with Crippen LogP contribution in [0.4, 0.5) is 11.4 Å². The van der Waals surface area contributed by atoms with E-state index in [1.807, 2.05) is 0 Å². The monoisotopic (exact) mass is 572 g/mol. The molecular weight excluding hydrogens is 528 g/mol. The van der Waals surface area contributed by atoms with Crippen molar-refractivity contribution >= 4 is 48.3 Å². The number of rotatable bonds is 4. The van der Waals surface area contributed by atoms with E-state index in [-0.39, 0.29) is 49.8 Å². The number of hydrogen-bond acceptors (Lipinski definition) is 3. The van der Waals surface area contributed by atoms with Crippen LogP contribution in [0, 0.1) is 0 Å². The summed E-state index contributed by atoms with van der Waals surface area (Å²) >= 11 is 0. The van der Waals surface area contributed by atoms with Gasteiger partial charge in [-0.05, 0) is 32.8 Å². The molecule has 0 saturated carbocycles. The molecule has 0 aromatic heterocycles. The Morgan fingerprint density at radius 3 is 1.10 bits per heavy atom. The topological polar surface area (TPSA) is 6.48 Å². The molecule has 2 rings (SSSR count). The van der Waals surface area contributed by atoms with Gasteiger partial charge in [0.1, 0.15) is 0 Å². The maximum absolute atomic E-state index is 2.55. The fourth-order valence-electron chi connectivity index (χ4n) is 4.63. The van der Waals surface area contributed by atoms with Crippen LogP contribution < -0.4 is 9.62 Å². The molecule has 1 aromatic carbocycles. The summed E-state index contributed by atoms with van der Waals surface area (Å²) in [6, 6.07) is 8.99. The zero-order chi connectivity index (χ0) is 22.4. The molecule has 31 heavy (non-hydrogen) atoms. The molecule has 2 nitrogen and oxygen atoms in total. The van der Waals surface area contributed by atoms with E-state index in [9.17, 15) is 0 Å².